The summed E-state index contributed by atoms with van der Waals surface area (Å²) in [5, 5.41) is 0. The maximum absolute atomic E-state index is 12.5. The molecule has 0 N–H and O–H groups in total. The predicted octanol–water partition coefficient (Wildman–Crippen LogP) is 6.01. The largest absolute Gasteiger partial charge is 0.461 e. The third-order valence-electron chi connectivity index (χ3n) is 8.60. The van der Waals surface area contributed by atoms with Crippen LogP contribution < -0.4 is 0 Å². The number of ether oxygens (including phenoxy) is 1. The van der Waals surface area contributed by atoms with Crippen molar-refractivity contribution in [3.63, 3.8) is 0 Å². The first-order chi connectivity index (χ1) is 13.5. The number of hydrogen-bond donors (Lipinski definition) is 0. The van der Waals surface area contributed by atoms with Gasteiger partial charge in [0, 0.05) is 18.8 Å². The second-order valence-corrected chi connectivity index (χ2v) is 10.3. The molecule has 3 saturated carbocycles. The Hall–Kier alpha value is -1.12. The minimum atomic E-state index is -0.204. The van der Waals surface area contributed by atoms with E-state index in [2.05, 4.69) is 13.8 Å². The summed E-state index contributed by atoms with van der Waals surface area (Å²) in [5.74, 6) is 2.61. The number of carbonyl (C=O) groups is 2. The number of carbonyl (C=O) groups excluding carboxylic acids is 2. The van der Waals surface area contributed by atoms with E-state index in [0.29, 0.717) is 30.1 Å². The van der Waals surface area contributed by atoms with Crippen molar-refractivity contribution in [3.05, 3.63) is 11.6 Å². The first kappa shape index (κ1) is 20.2. The molecule has 3 heteroatoms. The van der Waals surface area contributed by atoms with E-state index in [1.807, 2.05) is 6.08 Å². The molecule has 0 aromatic rings. The van der Waals surface area contributed by atoms with Crippen LogP contribution in [0.15, 0.2) is 11.6 Å². The summed E-state index contributed by atoms with van der Waals surface area (Å²) >= 11 is 0. The third-order valence-corrected chi connectivity index (χ3v) is 8.60. The molecule has 0 saturated heterocycles. The highest BCUT2D eigenvalue weighted by Gasteiger charge is 2.54. The molecule has 4 rings (SSSR count). The smallest absolute Gasteiger partial charge is 0.306 e. The van der Waals surface area contributed by atoms with E-state index >= 15 is 0 Å². The molecule has 0 spiro atoms. The maximum atomic E-state index is 12.5. The average molecular weight is 387 g/mol. The summed E-state index contributed by atoms with van der Waals surface area (Å²) < 4.78 is 6.00. The normalized spacial score (nSPS) is 39.6. The van der Waals surface area contributed by atoms with Crippen molar-refractivity contribution < 1.29 is 14.3 Å². The lowest BCUT2D eigenvalue weighted by atomic mass is 9.52. The van der Waals surface area contributed by atoms with Gasteiger partial charge in [-0.3, -0.25) is 9.59 Å². The minimum Gasteiger partial charge on any atom is -0.461 e. The molecule has 3 fully saturated rings. The molecule has 6 atom stereocenters. The van der Waals surface area contributed by atoms with Crippen LogP contribution in [0.5, 0.6) is 0 Å². The second kappa shape index (κ2) is 8.32. The highest BCUT2D eigenvalue weighted by Crippen LogP contribution is 2.61. The van der Waals surface area contributed by atoms with Crippen LogP contribution >= 0.6 is 0 Å². The zero-order valence-electron chi connectivity index (χ0n) is 17.9. The van der Waals surface area contributed by atoms with E-state index in [0.717, 1.165) is 31.1 Å². The van der Waals surface area contributed by atoms with Gasteiger partial charge in [0.05, 0.1) is 0 Å². The van der Waals surface area contributed by atoms with Gasteiger partial charge in [-0.1, -0.05) is 45.1 Å². The molecule has 28 heavy (non-hydrogen) atoms. The summed E-state index contributed by atoms with van der Waals surface area (Å²) in [6, 6.07) is 0. The number of esters is 1. The molecule has 0 aromatic carbocycles. The predicted molar refractivity (Wildman–Crippen MR) is 111 cm³/mol. The molecule has 0 heterocycles. The Bertz CT molecular complexity index is 636. The summed E-state index contributed by atoms with van der Waals surface area (Å²) in [6.45, 7) is 4.70. The van der Waals surface area contributed by atoms with Crippen LogP contribution in [0.4, 0.5) is 0 Å². The number of hydrogen-bond acceptors (Lipinski definition) is 3. The van der Waals surface area contributed by atoms with E-state index in [1.165, 1.54) is 56.9 Å². The van der Waals surface area contributed by atoms with Gasteiger partial charge in [-0.05, 0) is 74.2 Å². The first-order valence-corrected chi connectivity index (χ1v) is 11.9. The lowest BCUT2D eigenvalue weighted by molar-refractivity contribution is -0.156. The molecule has 0 radical (unpaired) electrons. The highest BCUT2D eigenvalue weighted by molar-refractivity contribution is 5.92. The molecular weight excluding hydrogens is 348 g/mol. The Balaban J connectivity index is 1.47. The molecule has 1 unspecified atom stereocenters. The molecule has 0 amide bonds. The SMILES string of the molecule is CCCCCCC(=O)OC1CC(=O)C=C2CC[C@@H]3[C@H](CC[C@]4(C)CCC[C@@H]34)[C@H]21. The lowest BCUT2D eigenvalue weighted by Crippen LogP contribution is -2.49. The van der Waals surface area contributed by atoms with Gasteiger partial charge in [0.25, 0.3) is 0 Å². The van der Waals surface area contributed by atoms with E-state index < -0.39 is 0 Å². The molecule has 4 aliphatic rings. The maximum Gasteiger partial charge on any atom is 0.306 e. The van der Waals surface area contributed by atoms with Gasteiger partial charge in [0.15, 0.2) is 5.78 Å². The van der Waals surface area contributed by atoms with Crippen LogP contribution in [0.1, 0.15) is 97.3 Å². The van der Waals surface area contributed by atoms with Crippen LogP contribution in [-0.4, -0.2) is 17.9 Å². The van der Waals surface area contributed by atoms with Gasteiger partial charge >= 0.3 is 5.97 Å². The van der Waals surface area contributed by atoms with Crippen molar-refractivity contribution in [2.24, 2.45) is 29.1 Å². The van der Waals surface area contributed by atoms with Gasteiger partial charge in [-0.25, -0.2) is 0 Å². The van der Waals surface area contributed by atoms with E-state index in [-0.39, 0.29) is 17.9 Å². The number of unbranched alkanes of at least 4 members (excludes halogenated alkanes) is 3. The summed E-state index contributed by atoms with van der Waals surface area (Å²) in [6.07, 6.45) is 16.0. The van der Waals surface area contributed by atoms with Gasteiger partial charge in [-0.2, -0.15) is 0 Å². The summed E-state index contributed by atoms with van der Waals surface area (Å²) in [4.78, 5) is 24.8. The zero-order chi connectivity index (χ0) is 19.7. The molecule has 0 aliphatic heterocycles. The van der Waals surface area contributed by atoms with E-state index in [9.17, 15) is 9.59 Å². The molecule has 3 nitrogen and oxygen atoms in total. The number of ketones is 1. The topological polar surface area (TPSA) is 43.4 Å². The summed E-state index contributed by atoms with van der Waals surface area (Å²) in [5.41, 5.74) is 1.83. The van der Waals surface area contributed by atoms with Crippen LogP contribution in [0.3, 0.4) is 0 Å². The fraction of sp³-hybridized carbons (Fsp3) is 0.840. The Morgan fingerprint density at radius 1 is 1.14 bits per heavy atom. The van der Waals surface area contributed by atoms with Crippen molar-refractivity contribution in [1.82, 2.24) is 0 Å². The van der Waals surface area contributed by atoms with Crippen molar-refractivity contribution in [3.8, 4) is 0 Å². The Kier molecular flexibility index (Phi) is 5.99. The Labute approximate surface area is 170 Å². The highest BCUT2D eigenvalue weighted by atomic mass is 16.5. The third kappa shape index (κ3) is 3.83. The fourth-order valence-corrected chi connectivity index (χ4v) is 7.26. The van der Waals surface area contributed by atoms with Gasteiger partial charge in [0.2, 0.25) is 0 Å². The van der Waals surface area contributed by atoms with Gasteiger partial charge in [-0.15, -0.1) is 0 Å². The van der Waals surface area contributed by atoms with E-state index in [4.69, 9.17) is 4.74 Å². The quantitative estimate of drug-likeness (QED) is 0.415. The van der Waals surface area contributed by atoms with Gasteiger partial charge in [0.1, 0.15) is 6.10 Å². The van der Waals surface area contributed by atoms with Crippen LogP contribution in [0, 0.1) is 29.1 Å². The Morgan fingerprint density at radius 3 is 2.82 bits per heavy atom. The molecule has 0 aromatic heterocycles. The standard InChI is InChI=1S/C25H38O3/c1-3-4-5-6-9-23(27)28-22-16-18(26)15-17-10-11-19-20(24(17)22)12-14-25(2)13-7-8-21(19)25/h15,19-22,24H,3-14,16H2,1-2H3/t19-,20+,21+,22?,24+,25+/m1/s1. The first-order valence-electron chi connectivity index (χ1n) is 11.9. The molecule has 0 bridgehead atoms. The molecule has 4 aliphatic carbocycles. The van der Waals surface area contributed by atoms with Crippen LogP contribution in [-0.2, 0) is 14.3 Å². The van der Waals surface area contributed by atoms with Crippen molar-refractivity contribution in [2.45, 2.75) is 103 Å². The zero-order valence-corrected chi connectivity index (χ0v) is 17.9. The average Bonchev–Trinajstić information content (AvgIpc) is 3.06. The molecule has 156 valence electrons. The van der Waals surface area contributed by atoms with Crippen LogP contribution in [0.25, 0.3) is 0 Å². The minimum absolute atomic E-state index is 0.0845. The fourth-order valence-electron chi connectivity index (χ4n) is 7.26. The summed E-state index contributed by atoms with van der Waals surface area (Å²) in [7, 11) is 0. The van der Waals surface area contributed by atoms with E-state index in [1.54, 1.807) is 0 Å². The van der Waals surface area contributed by atoms with Gasteiger partial charge < -0.3 is 4.74 Å². The monoisotopic (exact) mass is 386 g/mol. The van der Waals surface area contributed by atoms with Crippen molar-refractivity contribution >= 4 is 11.8 Å². The molecular formula is C25H38O3. The number of fused-ring (bicyclic) bond motifs is 5. The van der Waals surface area contributed by atoms with Crippen molar-refractivity contribution in [2.75, 3.05) is 0 Å². The van der Waals surface area contributed by atoms with Crippen LogP contribution in [0.2, 0.25) is 0 Å². The second-order valence-electron chi connectivity index (χ2n) is 10.3. The lowest BCUT2D eigenvalue weighted by Gasteiger charge is -2.53. The number of rotatable bonds is 6. The van der Waals surface area contributed by atoms with Crippen molar-refractivity contribution in [1.29, 1.82) is 0 Å². The Morgan fingerprint density at radius 2 is 2.00 bits per heavy atom.